The van der Waals surface area contributed by atoms with Gasteiger partial charge in [0.25, 0.3) is 0 Å². The van der Waals surface area contributed by atoms with Crippen LogP contribution in [0.2, 0.25) is 0 Å². The molecule has 5 heterocycles. The summed E-state index contributed by atoms with van der Waals surface area (Å²) >= 11 is 0. The Morgan fingerprint density at radius 1 is 0.388 bits per heavy atom. The van der Waals surface area contributed by atoms with Crippen molar-refractivity contribution in [3.05, 3.63) is 164 Å². The number of para-hydroxylation sites is 1. The lowest BCUT2D eigenvalue weighted by Gasteiger charge is -2.12. The molecule has 0 saturated carbocycles. The normalized spacial score (nSPS) is 11.7. The maximum Gasteiger partial charge on any atom is 0.146 e. The van der Waals surface area contributed by atoms with Crippen LogP contribution in [0.25, 0.3) is 94.2 Å². The largest absolute Gasteiger partial charge is 0.306 e. The average molecular weight is 626 g/mol. The molecule has 0 fully saturated rings. The average Bonchev–Trinajstić information content (AvgIpc) is 3.63. The lowest BCUT2D eigenvalue weighted by atomic mass is 9.99. The summed E-state index contributed by atoms with van der Waals surface area (Å²) in [6.45, 7) is 0. The maximum atomic E-state index is 5.20. The molecule has 0 saturated heterocycles. The minimum Gasteiger partial charge on any atom is -0.306 e. The van der Waals surface area contributed by atoms with E-state index in [-0.39, 0.29) is 0 Å². The first-order chi connectivity index (χ1) is 24.3. The van der Waals surface area contributed by atoms with Crippen LogP contribution in [0.5, 0.6) is 0 Å². The second kappa shape index (κ2) is 10.9. The Kier molecular flexibility index (Phi) is 6.11. The van der Waals surface area contributed by atoms with Crippen molar-refractivity contribution >= 4 is 49.1 Å². The number of aromatic nitrogens is 5. The van der Waals surface area contributed by atoms with Gasteiger partial charge in [0.1, 0.15) is 5.65 Å². The predicted octanol–water partition coefficient (Wildman–Crippen LogP) is 10.8. The van der Waals surface area contributed by atoms with Crippen molar-refractivity contribution in [2.45, 2.75) is 0 Å². The predicted molar refractivity (Wildman–Crippen MR) is 200 cm³/mol. The Balaban J connectivity index is 1.09. The number of imidazole rings is 1. The van der Waals surface area contributed by atoms with Gasteiger partial charge in [0, 0.05) is 61.6 Å². The van der Waals surface area contributed by atoms with Gasteiger partial charge in [-0.1, -0.05) is 127 Å². The zero-order chi connectivity index (χ0) is 32.3. The van der Waals surface area contributed by atoms with Gasteiger partial charge in [0.15, 0.2) is 0 Å². The number of nitrogens with zero attached hydrogens (tertiary/aromatic N) is 5. The van der Waals surface area contributed by atoms with Crippen molar-refractivity contribution in [3.63, 3.8) is 0 Å². The van der Waals surface area contributed by atoms with E-state index in [1.807, 2.05) is 42.5 Å². The van der Waals surface area contributed by atoms with E-state index in [1.165, 1.54) is 0 Å². The van der Waals surface area contributed by atoms with Crippen molar-refractivity contribution in [1.29, 1.82) is 0 Å². The number of fused-ring (bicyclic) bond motifs is 8. The van der Waals surface area contributed by atoms with Gasteiger partial charge >= 0.3 is 0 Å². The van der Waals surface area contributed by atoms with Crippen LogP contribution >= 0.6 is 0 Å². The number of rotatable bonds is 4. The molecule has 0 aliphatic carbocycles. The molecule has 0 atom stereocenters. The van der Waals surface area contributed by atoms with Gasteiger partial charge in [-0.15, -0.1) is 0 Å². The van der Waals surface area contributed by atoms with Crippen molar-refractivity contribution in [3.8, 4) is 45.0 Å². The van der Waals surface area contributed by atoms with Gasteiger partial charge in [0.2, 0.25) is 0 Å². The van der Waals surface area contributed by atoms with E-state index in [0.717, 1.165) is 94.2 Å². The summed E-state index contributed by atoms with van der Waals surface area (Å²) in [5, 5.41) is 5.40. The Morgan fingerprint density at radius 2 is 0.939 bits per heavy atom. The van der Waals surface area contributed by atoms with Crippen LogP contribution in [0.1, 0.15) is 0 Å². The standard InChI is InChI=1S/C44H27N5/c1-3-9-28(10-4-1)36-23-21-32-19-20-33-22-24-37(46-43(33)42(32)45-36)30-15-17-31(18-16-30)41-35-25-26-49-27-39(29-11-5-2-6-12-29)48-44(49)40(35)34-13-7-8-14-38(34)47-41/h1-27H. The second-order valence-corrected chi connectivity index (χ2v) is 12.4. The number of hydrogen-bond acceptors (Lipinski definition) is 4. The van der Waals surface area contributed by atoms with Crippen molar-refractivity contribution in [2.24, 2.45) is 0 Å². The van der Waals surface area contributed by atoms with E-state index in [1.54, 1.807) is 0 Å². The summed E-state index contributed by atoms with van der Waals surface area (Å²) in [6, 6.07) is 52.4. The molecule has 49 heavy (non-hydrogen) atoms. The van der Waals surface area contributed by atoms with Gasteiger partial charge in [-0.05, 0) is 24.3 Å². The van der Waals surface area contributed by atoms with Gasteiger partial charge < -0.3 is 4.40 Å². The van der Waals surface area contributed by atoms with E-state index in [2.05, 4.69) is 126 Å². The molecule has 0 N–H and O–H groups in total. The summed E-state index contributed by atoms with van der Waals surface area (Å²) in [6.07, 6.45) is 4.19. The molecule has 0 aliphatic heterocycles. The van der Waals surface area contributed by atoms with Gasteiger partial charge in [-0.25, -0.2) is 19.9 Å². The molecule has 0 amide bonds. The summed E-state index contributed by atoms with van der Waals surface area (Å²) in [5.74, 6) is 0. The fraction of sp³-hybridized carbons (Fsp3) is 0. The molecule has 5 heteroatoms. The molecule has 5 aromatic carbocycles. The molecule has 0 spiro atoms. The maximum absolute atomic E-state index is 5.20. The number of benzene rings is 5. The summed E-state index contributed by atoms with van der Waals surface area (Å²) in [5.41, 5.74) is 11.7. The Hall–Kier alpha value is -6.72. The summed E-state index contributed by atoms with van der Waals surface area (Å²) in [4.78, 5) is 20.6. The van der Waals surface area contributed by atoms with Crippen molar-refractivity contribution < 1.29 is 0 Å². The van der Waals surface area contributed by atoms with E-state index >= 15 is 0 Å². The minimum absolute atomic E-state index is 0.901. The van der Waals surface area contributed by atoms with Crippen LogP contribution in [0.4, 0.5) is 0 Å². The van der Waals surface area contributed by atoms with E-state index in [0.29, 0.717) is 0 Å². The fourth-order valence-electron chi connectivity index (χ4n) is 6.94. The van der Waals surface area contributed by atoms with Gasteiger partial charge in [0.05, 0.1) is 39.3 Å². The molecule has 5 aromatic heterocycles. The van der Waals surface area contributed by atoms with Crippen molar-refractivity contribution in [2.75, 3.05) is 0 Å². The highest BCUT2D eigenvalue weighted by atomic mass is 15.0. The third-order valence-corrected chi connectivity index (χ3v) is 9.40. The van der Waals surface area contributed by atoms with E-state index in [9.17, 15) is 0 Å². The molecule has 5 nitrogen and oxygen atoms in total. The lowest BCUT2D eigenvalue weighted by Crippen LogP contribution is -1.94. The topological polar surface area (TPSA) is 56.0 Å². The molecule has 0 bridgehead atoms. The second-order valence-electron chi connectivity index (χ2n) is 12.4. The molecular weight excluding hydrogens is 599 g/mol. The van der Waals surface area contributed by atoms with E-state index in [4.69, 9.17) is 19.9 Å². The first kappa shape index (κ1) is 27.4. The highest BCUT2D eigenvalue weighted by Crippen LogP contribution is 2.36. The van der Waals surface area contributed by atoms with Crippen molar-refractivity contribution in [1.82, 2.24) is 24.3 Å². The molecule has 0 radical (unpaired) electrons. The van der Waals surface area contributed by atoms with Crippen LogP contribution in [0.3, 0.4) is 0 Å². The Morgan fingerprint density at radius 3 is 1.61 bits per heavy atom. The molecular formula is C44H27N5. The number of pyridine rings is 4. The Labute approximate surface area is 281 Å². The molecule has 0 unspecified atom stereocenters. The third-order valence-electron chi connectivity index (χ3n) is 9.40. The minimum atomic E-state index is 0.901. The lowest BCUT2D eigenvalue weighted by molar-refractivity contribution is 1.20. The number of hydrogen-bond donors (Lipinski definition) is 0. The van der Waals surface area contributed by atoms with Crippen LogP contribution in [0.15, 0.2) is 164 Å². The van der Waals surface area contributed by atoms with Gasteiger partial charge in [-0.2, -0.15) is 0 Å². The molecule has 228 valence electrons. The highest BCUT2D eigenvalue weighted by molar-refractivity contribution is 6.16. The molecule has 0 aliphatic rings. The Bertz CT molecular complexity index is 2860. The fourth-order valence-corrected chi connectivity index (χ4v) is 6.94. The SMILES string of the molecule is c1ccc(-c2ccc3ccc4ccc(-c5ccc(-c6nc7ccccc7c7c6ccn6cc(-c8ccccc8)nc76)cc5)nc4c3n2)cc1. The highest BCUT2D eigenvalue weighted by Gasteiger charge is 2.16. The zero-order valence-electron chi connectivity index (χ0n) is 26.3. The summed E-state index contributed by atoms with van der Waals surface area (Å²) in [7, 11) is 0. The van der Waals surface area contributed by atoms with Crippen LogP contribution in [-0.2, 0) is 0 Å². The molecule has 10 aromatic rings. The van der Waals surface area contributed by atoms with Gasteiger partial charge in [-0.3, -0.25) is 0 Å². The first-order valence-corrected chi connectivity index (χ1v) is 16.4. The van der Waals surface area contributed by atoms with E-state index < -0.39 is 0 Å². The zero-order valence-corrected chi connectivity index (χ0v) is 26.3. The molecule has 10 rings (SSSR count). The quantitative estimate of drug-likeness (QED) is 0.183. The van der Waals surface area contributed by atoms with Crippen LogP contribution in [0, 0.1) is 0 Å². The van der Waals surface area contributed by atoms with Crippen LogP contribution < -0.4 is 0 Å². The first-order valence-electron chi connectivity index (χ1n) is 16.4. The summed E-state index contributed by atoms with van der Waals surface area (Å²) < 4.78 is 2.12. The van der Waals surface area contributed by atoms with Crippen LogP contribution in [-0.4, -0.2) is 24.3 Å². The smallest absolute Gasteiger partial charge is 0.146 e. The monoisotopic (exact) mass is 625 g/mol. The third kappa shape index (κ3) is 4.55.